The molecular formula is C9H9Br2ClO. The number of hydrogen-bond acceptors (Lipinski definition) is 1. The summed E-state index contributed by atoms with van der Waals surface area (Å²) in [4.78, 5) is 0.336. The molecule has 1 nitrogen and oxygen atoms in total. The number of ether oxygens (including phenoxy) is 1. The van der Waals surface area contributed by atoms with Crippen molar-refractivity contribution in [1.29, 1.82) is 0 Å². The van der Waals surface area contributed by atoms with Gasteiger partial charge in [0.2, 0.25) is 0 Å². The van der Waals surface area contributed by atoms with Crippen LogP contribution in [-0.4, -0.2) is 16.8 Å². The second-order valence-corrected chi connectivity index (χ2v) is 4.90. The maximum atomic E-state index is 5.73. The van der Waals surface area contributed by atoms with Crippen molar-refractivity contribution in [3.8, 4) is 5.75 Å². The SMILES string of the molecule is Clc1ccc(OCC(Br)CBr)cc1. The van der Waals surface area contributed by atoms with Gasteiger partial charge in [-0.25, -0.2) is 0 Å². The Morgan fingerprint density at radius 3 is 2.46 bits per heavy atom. The van der Waals surface area contributed by atoms with E-state index in [1.807, 2.05) is 24.3 Å². The van der Waals surface area contributed by atoms with E-state index < -0.39 is 0 Å². The van der Waals surface area contributed by atoms with E-state index in [9.17, 15) is 0 Å². The van der Waals surface area contributed by atoms with Crippen molar-refractivity contribution in [3.05, 3.63) is 29.3 Å². The topological polar surface area (TPSA) is 9.23 Å². The molecule has 0 N–H and O–H groups in total. The second-order valence-electron chi connectivity index (χ2n) is 2.52. The highest BCUT2D eigenvalue weighted by Crippen LogP contribution is 2.16. The van der Waals surface area contributed by atoms with Gasteiger partial charge in [-0.15, -0.1) is 0 Å². The molecule has 4 heteroatoms. The van der Waals surface area contributed by atoms with Gasteiger partial charge in [-0.1, -0.05) is 43.5 Å². The fraction of sp³-hybridized carbons (Fsp3) is 0.333. The van der Waals surface area contributed by atoms with E-state index >= 15 is 0 Å². The summed E-state index contributed by atoms with van der Waals surface area (Å²) in [5.74, 6) is 0.842. The first-order valence-electron chi connectivity index (χ1n) is 3.81. The zero-order valence-electron chi connectivity index (χ0n) is 6.84. The van der Waals surface area contributed by atoms with Crippen molar-refractivity contribution in [1.82, 2.24) is 0 Å². The average molecular weight is 328 g/mol. The van der Waals surface area contributed by atoms with Crippen molar-refractivity contribution in [3.63, 3.8) is 0 Å². The molecule has 0 saturated heterocycles. The minimum Gasteiger partial charge on any atom is -0.492 e. The Hall–Kier alpha value is 0.270. The monoisotopic (exact) mass is 326 g/mol. The van der Waals surface area contributed by atoms with Crippen LogP contribution in [0.4, 0.5) is 0 Å². The molecule has 0 fully saturated rings. The molecule has 0 spiro atoms. The van der Waals surface area contributed by atoms with Gasteiger partial charge >= 0.3 is 0 Å². The lowest BCUT2D eigenvalue weighted by Gasteiger charge is -2.08. The summed E-state index contributed by atoms with van der Waals surface area (Å²) in [6.45, 7) is 0.646. The molecule has 1 aromatic carbocycles. The van der Waals surface area contributed by atoms with Crippen LogP contribution in [0.2, 0.25) is 5.02 Å². The first-order chi connectivity index (χ1) is 6.22. The molecule has 1 aromatic rings. The third-order valence-corrected chi connectivity index (χ3v) is 3.90. The van der Waals surface area contributed by atoms with E-state index in [1.165, 1.54) is 0 Å². The van der Waals surface area contributed by atoms with Crippen LogP contribution in [0.3, 0.4) is 0 Å². The van der Waals surface area contributed by atoms with Gasteiger partial charge in [-0.05, 0) is 24.3 Å². The van der Waals surface area contributed by atoms with Crippen LogP contribution in [0.25, 0.3) is 0 Å². The smallest absolute Gasteiger partial charge is 0.119 e. The van der Waals surface area contributed by atoms with Crippen LogP contribution >= 0.6 is 43.5 Å². The average Bonchev–Trinajstić information content (AvgIpc) is 2.16. The molecule has 0 heterocycles. The number of rotatable bonds is 4. The van der Waals surface area contributed by atoms with Gasteiger partial charge in [0.05, 0.1) is 4.83 Å². The van der Waals surface area contributed by atoms with Crippen molar-refractivity contribution >= 4 is 43.5 Å². The Bertz CT molecular complexity index is 250. The summed E-state index contributed by atoms with van der Waals surface area (Å²) in [6.07, 6.45) is 0. The van der Waals surface area contributed by atoms with Crippen LogP contribution < -0.4 is 4.74 Å². The van der Waals surface area contributed by atoms with Crippen molar-refractivity contribution in [2.75, 3.05) is 11.9 Å². The molecule has 0 amide bonds. The highest BCUT2D eigenvalue weighted by atomic mass is 79.9. The zero-order chi connectivity index (χ0) is 9.68. The molecule has 0 aliphatic carbocycles. The molecule has 0 radical (unpaired) electrons. The Morgan fingerprint density at radius 1 is 1.31 bits per heavy atom. The third-order valence-electron chi connectivity index (χ3n) is 1.41. The first-order valence-corrected chi connectivity index (χ1v) is 6.22. The van der Waals surface area contributed by atoms with Gasteiger partial charge in [-0.2, -0.15) is 0 Å². The molecule has 0 saturated carbocycles. The fourth-order valence-corrected chi connectivity index (χ4v) is 1.21. The molecule has 0 aromatic heterocycles. The van der Waals surface area contributed by atoms with Crippen LogP contribution in [0, 0.1) is 0 Å². The van der Waals surface area contributed by atoms with E-state index in [-0.39, 0.29) is 0 Å². The lowest BCUT2D eigenvalue weighted by atomic mass is 10.3. The molecule has 72 valence electrons. The number of hydrogen-bond donors (Lipinski definition) is 0. The molecular weight excluding hydrogens is 319 g/mol. The third kappa shape index (κ3) is 4.34. The predicted octanol–water partition coefficient (Wildman–Crippen LogP) is 3.88. The Labute approximate surface area is 99.7 Å². The predicted molar refractivity (Wildman–Crippen MR) is 63.5 cm³/mol. The lowest BCUT2D eigenvalue weighted by molar-refractivity contribution is 0.325. The quantitative estimate of drug-likeness (QED) is 0.762. The molecule has 1 unspecified atom stereocenters. The molecule has 0 aliphatic rings. The summed E-state index contributed by atoms with van der Waals surface area (Å²) in [5, 5.41) is 1.60. The zero-order valence-corrected chi connectivity index (χ0v) is 10.8. The van der Waals surface area contributed by atoms with E-state index in [0.717, 1.165) is 16.1 Å². The minimum atomic E-state index is 0.336. The van der Waals surface area contributed by atoms with Crippen LogP contribution in [0.15, 0.2) is 24.3 Å². The van der Waals surface area contributed by atoms with Crippen molar-refractivity contribution in [2.24, 2.45) is 0 Å². The van der Waals surface area contributed by atoms with Gasteiger partial charge in [0, 0.05) is 10.4 Å². The number of alkyl halides is 2. The maximum Gasteiger partial charge on any atom is 0.119 e. The Balaban J connectivity index is 2.41. The van der Waals surface area contributed by atoms with E-state index in [2.05, 4.69) is 31.9 Å². The van der Waals surface area contributed by atoms with E-state index in [4.69, 9.17) is 16.3 Å². The second kappa shape index (κ2) is 5.89. The van der Waals surface area contributed by atoms with Gasteiger partial charge < -0.3 is 4.74 Å². The van der Waals surface area contributed by atoms with Gasteiger partial charge in [0.1, 0.15) is 12.4 Å². The lowest BCUT2D eigenvalue weighted by Crippen LogP contribution is -2.11. The Morgan fingerprint density at radius 2 is 1.92 bits per heavy atom. The minimum absolute atomic E-state index is 0.336. The highest BCUT2D eigenvalue weighted by Gasteiger charge is 2.02. The summed E-state index contributed by atoms with van der Waals surface area (Å²) in [5.41, 5.74) is 0. The summed E-state index contributed by atoms with van der Waals surface area (Å²) >= 11 is 12.5. The fourth-order valence-electron chi connectivity index (χ4n) is 0.762. The van der Waals surface area contributed by atoms with Crippen molar-refractivity contribution < 1.29 is 4.74 Å². The number of halogens is 3. The van der Waals surface area contributed by atoms with Gasteiger partial charge in [0.15, 0.2) is 0 Å². The summed E-state index contributed by atoms with van der Waals surface area (Å²) < 4.78 is 5.48. The molecule has 0 aliphatic heterocycles. The molecule has 1 rings (SSSR count). The molecule has 13 heavy (non-hydrogen) atoms. The standard InChI is InChI=1S/C9H9Br2ClO/c10-5-7(11)6-13-9-3-1-8(12)2-4-9/h1-4,7H,5-6H2. The first kappa shape index (κ1) is 11.3. The number of benzene rings is 1. The Kier molecular flexibility index (Phi) is 5.14. The molecule has 0 bridgehead atoms. The largest absolute Gasteiger partial charge is 0.492 e. The maximum absolute atomic E-state index is 5.73. The summed E-state index contributed by atoms with van der Waals surface area (Å²) in [7, 11) is 0. The highest BCUT2D eigenvalue weighted by molar-refractivity contribution is 9.12. The van der Waals surface area contributed by atoms with E-state index in [1.54, 1.807) is 0 Å². The normalized spacial score (nSPS) is 12.5. The van der Waals surface area contributed by atoms with E-state index in [0.29, 0.717) is 11.4 Å². The van der Waals surface area contributed by atoms with Gasteiger partial charge in [0.25, 0.3) is 0 Å². The van der Waals surface area contributed by atoms with Crippen LogP contribution in [-0.2, 0) is 0 Å². The van der Waals surface area contributed by atoms with Gasteiger partial charge in [-0.3, -0.25) is 0 Å². The van der Waals surface area contributed by atoms with Crippen LogP contribution in [0.5, 0.6) is 5.75 Å². The van der Waals surface area contributed by atoms with Crippen molar-refractivity contribution in [2.45, 2.75) is 4.83 Å². The van der Waals surface area contributed by atoms with Crippen LogP contribution in [0.1, 0.15) is 0 Å². The molecule has 1 atom stereocenters. The summed E-state index contributed by atoms with van der Waals surface area (Å²) in [6, 6.07) is 7.34.